The Morgan fingerprint density at radius 3 is 2.34 bits per heavy atom. The number of ether oxygens (including phenoxy) is 5. The van der Waals surface area contributed by atoms with Gasteiger partial charge in [-0.05, 0) is 53.6 Å². The van der Waals surface area contributed by atoms with Crippen molar-refractivity contribution in [2.45, 2.75) is 50.0 Å². The van der Waals surface area contributed by atoms with Gasteiger partial charge < -0.3 is 44.5 Å². The molecule has 0 radical (unpaired) electrons. The van der Waals surface area contributed by atoms with Crippen molar-refractivity contribution in [1.82, 2.24) is 15.5 Å². The van der Waals surface area contributed by atoms with Gasteiger partial charge in [0.2, 0.25) is 11.8 Å². The van der Waals surface area contributed by atoms with E-state index in [-0.39, 0.29) is 31.4 Å². The Bertz CT molecular complexity index is 1520. The zero-order valence-electron chi connectivity index (χ0n) is 30.7. The number of morpholine rings is 1. The van der Waals surface area contributed by atoms with Crippen LogP contribution in [0.4, 0.5) is 0 Å². The van der Waals surface area contributed by atoms with Crippen molar-refractivity contribution < 1.29 is 43.5 Å². The number of hydrogen-bond donors (Lipinski definition) is 4. The van der Waals surface area contributed by atoms with E-state index in [4.69, 9.17) is 23.7 Å². The van der Waals surface area contributed by atoms with E-state index >= 15 is 0 Å². The van der Waals surface area contributed by atoms with E-state index in [0.29, 0.717) is 45.7 Å². The van der Waals surface area contributed by atoms with E-state index in [1.54, 1.807) is 7.11 Å². The lowest BCUT2D eigenvalue weighted by Gasteiger charge is -2.29. The highest BCUT2D eigenvalue weighted by molar-refractivity contribution is 5.80. The average molecular weight is 734 g/mol. The van der Waals surface area contributed by atoms with Gasteiger partial charge >= 0.3 is 0 Å². The fourth-order valence-corrected chi connectivity index (χ4v) is 6.81. The maximum atomic E-state index is 14.1. The molecule has 0 bridgehead atoms. The molecule has 53 heavy (non-hydrogen) atoms. The first kappa shape index (κ1) is 40.3. The van der Waals surface area contributed by atoms with Crippen molar-refractivity contribution in [3.63, 3.8) is 0 Å². The number of carbonyl (C=O) groups is 2. The van der Waals surface area contributed by atoms with Gasteiger partial charge in [-0.3, -0.25) is 14.5 Å². The number of benzene rings is 3. The summed E-state index contributed by atoms with van der Waals surface area (Å²) < 4.78 is 27.3. The number of amides is 2. The normalized spacial score (nSPS) is 18.8. The zero-order valence-corrected chi connectivity index (χ0v) is 30.7. The quantitative estimate of drug-likeness (QED) is 0.114. The predicted octanol–water partition coefficient (Wildman–Crippen LogP) is 2.49. The fraction of sp³-hybridized carbons (Fsp3) is 0.512. The van der Waals surface area contributed by atoms with Crippen LogP contribution in [0.25, 0.3) is 0 Å². The van der Waals surface area contributed by atoms with Crippen LogP contribution in [0.2, 0.25) is 0 Å². The van der Waals surface area contributed by atoms with Crippen molar-refractivity contribution in [2.24, 2.45) is 5.92 Å². The number of hydrogen-bond acceptors (Lipinski definition) is 10. The molecule has 288 valence electrons. The second-order valence-electron chi connectivity index (χ2n) is 13.6. The third kappa shape index (κ3) is 13.2. The van der Waals surface area contributed by atoms with Gasteiger partial charge in [0.05, 0.1) is 63.9 Å². The largest absolute Gasteiger partial charge is 0.492 e. The maximum Gasteiger partial charge on any atom is 0.246 e. The van der Waals surface area contributed by atoms with E-state index in [1.807, 2.05) is 78.9 Å². The smallest absolute Gasteiger partial charge is 0.246 e. The third-order valence-electron chi connectivity index (χ3n) is 9.73. The molecule has 5 rings (SSSR count). The second-order valence-corrected chi connectivity index (χ2v) is 13.6. The minimum absolute atomic E-state index is 0.0695. The highest BCUT2D eigenvalue weighted by Gasteiger charge is 2.35. The molecule has 1 heterocycles. The molecule has 1 saturated heterocycles. The topological polar surface area (TPSA) is 148 Å². The first-order chi connectivity index (χ1) is 25.9. The predicted molar refractivity (Wildman–Crippen MR) is 200 cm³/mol. The number of fused-ring (bicyclic) bond motifs is 1. The van der Waals surface area contributed by atoms with Crippen LogP contribution in [-0.2, 0) is 47.8 Å². The summed E-state index contributed by atoms with van der Waals surface area (Å²) >= 11 is 0. The van der Waals surface area contributed by atoms with E-state index in [0.717, 1.165) is 60.9 Å². The molecule has 0 saturated carbocycles. The van der Waals surface area contributed by atoms with Gasteiger partial charge in [0.25, 0.3) is 0 Å². The summed E-state index contributed by atoms with van der Waals surface area (Å²) in [6.07, 6.45) is -0.622. The van der Waals surface area contributed by atoms with E-state index < -0.39 is 30.2 Å². The van der Waals surface area contributed by atoms with Crippen molar-refractivity contribution in [3.05, 3.63) is 101 Å². The van der Waals surface area contributed by atoms with Crippen LogP contribution in [0.1, 0.15) is 34.7 Å². The van der Waals surface area contributed by atoms with E-state index in [2.05, 4.69) is 15.5 Å². The molecule has 3 aromatic rings. The number of nitrogens with zero attached hydrogens (tertiary/aromatic N) is 1. The Labute approximate surface area is 312 Å². The maximum absolute atomic E-state index is 14.1. The second kappa shape index (κ2) is 21.7. The van der Waals surface area contributed by atoms with Gasteiger partial charge in [-0.1, -0.05) is 66.7 Å². The Kier molecular flexibility index (Phi) is 16.5. The number of aliphatic hydroxyl groups is 2. The summed E-state index contributed by atoms with van der Waals surface area (Å²) in [6, 6.07) is 23.7. The molecule has 1 aliphatic heterocycles. The van der Waals surface area contributed by atoms with Gasteiger partial charge in [0, 0.05) is 39.1 Å². The summed E-state index contributed by atoms with van der Waals surface area (Å²) in [5.41, 5.74) is 3.72. The molecule has 3 aromatic carbocycles. The van der Waals surface area contributed by atoms with Crippen LogP contribution in [0.15, 0.2) is 78.9 Å². The molecule has 0 aromatic heterocycles. The molecule has 4 N–H and O–H groups in total. The Morgan fingerprint density at radius 2 is 1.57 bits per heavy atom. The van der Waals surface area contributed by atoms with Crippen molar-refractivity contribution in [1.29, 1.82) is 0 Å². The molecule has 12 nitrogen and oxygen atoms in total. The SMILES string of the molecule is COCCOCCOCC(=O)N[C@@H](Cc1ccccc1)[C@@H](O)C[C@@H](Cc1ccc(OCCN2CCOCC2)cc1)C(=O)N[C@H]1c2ccccc2C[C@H]1O. The van der Waals surface area contributed by atoms with E-state index in [9.17, 15) is 19.8 Å². The Balaban J connectivity index is 1.26. The van der Waals surface area contributed by atoms with Crippen LogP contribution in [0.5, 0.6) is 5.75 Å². The number of aliphatic hydroxyl groups excluding tert-OH is 2. The molecule has 0 unspecified atom stereocenters. The number of nitrogens with one attached hydrogen (secondary N) is 2. The molecule has 2 amide bonds. The standard InChI is InChI=1S/C41H55N3O9/c1-49-21-22-51-23-24-52-29-39(47)42-36(26-30-7-3-2-4-8-30)37(45)28-33(41(48)43-40-35-10-6-5-9-32(35)27-38(40)46)25-31-11-13-34(14-12-31)53-20-17-44-15-18-50-19-16-44/h2-14,33,36-38,40,45-46H,15-29H2,1H3,(H,42,47)(H,43,48)/t33-,36+,37+,38-,40+/m1/s1. The first-order valence-corrected chi connectivity index (χ1v) is 18.6. The molecule has 2 aliphatic rings. The van der Waals surface area contributed by atoms with Crippen molar-refractivity contribution >= 4 is 11.8 Å². The summed E-state index contributed by atoms with van der Waals surface area (Å²) in [6.45, 7) is 5.93. The molecule has 1 fully saturated rings. The molecular weight excluding hydrogens is 678 g/mol. The minimum atomic E-state index is -1.07. The van der Waals surface area contributed by atoms with Crippen LogP contribution in [0.3, 0.4) is 0 Å². The molecule has 0 spiro atoms. The lowest BCUT2D eigenvalue weighted by molar-refractivity contribution is -0.128. The highest BCUT2D eigenvalue weighted by atomic mass is 16.5. The molecule has 5 atom stereocenters. The molecular formula is C41H55N3O9. The average Bonchev–Trinajstić information content (AvgIpc) is 3.49. The summed E-state index contributed by atoms with van der Waals surface area (Å²) in [4.78, 5) is 29.5. The third-order valence-corrected chi connectivity index (χ3v) is 9.73. The number of methoxy groups -OCH3 is 1. The summed E-state index contributed by atoms with van der Waals surface area (Å²) in [5, 5.41) is 28.8. The van der Waals surface area contributed by atoms with E-state index in [1.165, 1.54) is 0 Å². The number of carbonyl (C=O) groups excluding carboxylic acids is 2. The fourth-order valence-electron chi connectivity index (χ4n) is 6.81. The lowest BCUT2D eigenvalue weighted by Crippen LogP contribution is -2.48. The zero-order chi connectivity index (χ0) is 37.3. The van der Waals surface area contributed by atoms with Crippen LogP contribution < -0.4 is 15.4 Å². The Hall–Kier alpha value is -3.88. The van der Waals surface area contributed by atoms with Gasteiger partial charge in [-0.25, -0.2) is 0 Å². The van der Waals surface area contributed by atoms with Gasteiger partial charge in [0.1, 0.15) is 19.0 Å². The van der Waals surface area contributed by atoms with Gasteiger partial charge in [-0.2, -0.15) is 0 Å². The van der Waals surface area contributed by atoms with Crippen molar-refractivity contribution in [2.75, 3.05) is 79.6 Å². The minimum Gasteiger partial charge on any atom is -0.492 e. The number of rotatable bonds is 22. The summed E-state index contributed by atoms with van der Waals surface area (Å²) in [7, 11) is 1.60. The lowest BCUT2D eigenvalue weighted by atomic mass is 9.88. The molecule has 12 heteroatoms. The monoisotopic (exact) mass is 733 g/mol. The van der Waals surface area contributed by atoms with Crippen molar-refractivity contribution in [3.8, 4) is 5.75 Å². The Morgan fingerprint density at radius 1 is 0.868 bits per heavy atom. The summed E-state index contributed by atoms with van der Waals surface area (Å²) in [5.74, 6) is -0.591. The first-order valence-electron chi connectivity index (χ1n) is 18.6. The van der Waals surface area contributed by atoms with Crippen LogP contribution in [-0.4, -0.2) is 125 Å². The van der Waals surface area contributed by atoms with Gasteiger partial charge in [-0.15, -0.1) is 0 Å². The van der Waals surface area contributed by atoms with Gasteiger partial charge in [0.15, 0.2) is 0 Å². The van der Waals surface area contributed by atoms with Crippen LogP contribution in [0, 0.1) is 5.92 Å². The van der Waals surface area contributed by atoms with Crippen LogP contribution >= 0.6 is 0 Å². The molecule has 1 aliphatic carbocycles. The highest BCUT2D eigenvalue weighted by Crippen LogP contribution is 2.32.